The lowest BCUT2D eigenvalue weighted by Crippen LogP contribution is -2.25. The Balaban J connectivity index is 2.61. The van der Waals surface area contributed by atoms with Crippen LogP contribution in [0.15, 0.2) is 18.2 Å². The van der Waals surface area contributed by atoms with E-state index in [4.69, 9.17) is 0 Å². The van der Waals surface area contributed by atoms with Crippen molar-refractivity contribution in [2.24, 2.45) is 0 Å². The number of hydrogen-bond donors (Lipinski definition) is 1. The highest BCUT2D eigenvalue weighted by molar-refractivity contribution is 5.41. The van der Waals surface area contributed by atoms with E-state index in [9.17, 15) is 4.39 Å². The summed E-state index contributed by atoms with van der Waals surface area (Å²) in [4.78, 5) is 0. The first-order valence-electron chi connectivity index (χ1n) is 7.24. The summed E-state index contributed by atoms with van der Waals surface area (Å²) in [6, 6.07) is 5.38. The van der Waals surface area contributed by atoms with Crippen molar-refractivity contribution in [1.29, 1.82) is 0 Å². The molecule has 0 fully saturated rings. The predicted molar refractivity (Wildman–Crippen MR) is 82.9 cm³/mol. The molecule has 0 aliphatic rings. The molecule has 4 heteroatoms. The van der Waals surface area contributed by atoms with E-state index in [-0.39, 0.29) is 11.9 Å². The Kier molecular flexibility index (Phi) is 4.68. The van der Waals surface area contributed by atoms with Gasteiger partial charge in [0.15, 0.2) is 0 Å². The maximum Gasteiger partial charge on any atom is 0.128 e. The average molecular weight is 287 g/mol. The molecule has 2 aromatic rings. The SMILES string of the molecule is CCNC(c1cc(C)nnc1C)c1c(C)cc(C)cc1F. The van der Waals surface area contributed by atoms with Crippen LogP contribution in [0.25, 0.3) is 0 Å². The lowest BCUT2D eigenvalue weighted by molar-refractivity contribution is 0.551. The van der Waals surface area contributed by atoms with Crippen molar-refractivity contribution in [1.82, 2.24) is 15.5 Å². The maximum atomic E-state index is 14.5. The summed E-state index contributed by atoms with van der Waals surface area (Å²) in [6.45, 7) is 10.4. The van der Waals surface area contributed by atoms with Crippen molar-refractivity contribution in [3.8, 4) is 0 Å². The number of benzene rings is 1. The smallest absolute Gasteiger partial charge is 0.128 e. The monoisotopic (exact) mass is 287 g/mol. The average Bonchev–Trinajstić information content (AvgIpc) is 2.39. The zero-order valence-corrected chi connectivity index (χ0v) is 13.3. The highest BCUT2D eigenvalue weighted by atomic mass is 19.1. The van der Waals surface area contributed by atoms with Gasteiger partial charge in [-0.15, -0.1) is 0 Å². The molecule has 2 rings (SSSR count). The summed E-state index contributed by atoms with van der Waals surface area (Å²) in [5.74, 6) is -0.174. The van der Waals surface area contributed by atoms with Crippen molar-refractivity contribution >= 4 is 0 Å². The first-order chi connectivity index (χ1) is 9.93. The molecule has 1 unspecified atom stereocenters. The van der Waals surface area contributed by atoms with Gasteiger partial charge in [0.1, 0.15) is 5.82 Å². The van der Waals surface area contributed by atoms with E-state index >= 15 is 0 Å². The van der Waals surface area contributed by atoms with Crippen LogP contribution in [-0.2, 0) is 0 Å². The fourth-order valence-corrected chi connectivity index (χ4v) is 2.73. The molecule has 0 amide bonds. The lowest BCUT2D eigenvalue weighted by Gasteiger charge is -2.23. The fraction of sp³-hybridized carbons (Fsp3) is 0.412. The largest absolute Gasteiger partial charge is 0.306 e. The van der Waals surface area contributed by atoms with Crippen molar-refractivity contribution in [2.45, 2.75) is 40.7 Å². The molecule has 21 heavy (non-hydrogen) atoms. The molecular weight excluding hydrogens is 265 g/mol. The van der Waals surface area contributed by atoms with Crippen LogP contribution < -0.4 is 5.32 Å². The van der Waals surface area contributed by atoms with Crippen LogP contribution in [-0.4, -0.2) is 16.7 Å². The molecule has 0 bridgehead atoms. The zero-order valence-electron chi connectivity index (χ0n) is 13.3. The molecule has 112 valence electrons. The minimum atomic E-state index is -0.204. The Morgan fingerprint density at radius 2 is 1.81 bits per heavy atom. The Morgan fingerprint density at radius 1 is 1.10 bits per heavy atom. The molecule has 0 aliphatic carbocycles. The normalized spacial score (nSPS) is 12.5. The number of rotatable bonds is 4. The molecule has 0 spiro atoms. The third-order valence-corrected chi connectivity index (χ3v) is 3.63. The Labute approximate surface area is 125 Å². The van der Waals surface area contributed by atoms with Crippen molar-refractivity contribution in [3.05, 3.63) is 57.7 Å². The first-order valence-corrected chi connectivity index (χ1v) is 7.24. The summed E-state index contributed by atoms with van der Waals surface area (Å²) >= 11 is 0. The quantitative estimate of drug-likeness (QED) is 0.934. The molecule has 1 atom stereocenters. The summed E-state index contributed by atoms with van der Waals surface area (Å²) < 4.78 is 14.5. The molecule has 1 aromatic heterocycles. The van der Waals surface area contributed by atoms with Gasteiger partial charge in [0, 0.05) is 5.56 Å². The summed E-state index contributed by atoms with van der Waals surface area (Å²) in [5.41, 5.74) is 5.22. The van der Waals surface area contributed by atoms with E-state index in [1.54, 1.807) is 6.07 Å². The first kappa shape index (κ1) is 15.6. The second-order valence-electron chi connectivity index (χ2n) is 5.49. The molecule has 1 aromatic carbocycles. The minimum Gasteiger partial charge on any atom is -0.306 e. The topological polar surface area (TPSA) is 37.8 Å². The highest BCUT2D eigenvalue weighted by Gasteiger charge is 2.22. The summed E-state index contributed by atoms with van der Waals surface area (Å²) in [6.07, 6.45) is 0. The van der Waals surface area contributed by atoms with Gasteiger partial charge in [-0.05, 0) is 63.1 Å². The molecule has 0 aliphatic heterocycles. The zero-order chi connectivity index (χ0) is 15.6. The molecule has 0 saturated carbocycles. The number of hydrogen-bond acceptors (Lipinski definition) is 3. The van der Waals surface area contributed by atoms with Crippen LogP contribution in [0.1, 0.15) is 46.6 Å². The van der Waals surface area contributed by atoms with Gasteiger partial charge in [-0.2, -0.15) is 10.2 Å². The van der Waals surface area contributed by atoms with Crippen LogP contribution in [0.4, 0.5) is 4.39 Å². The van der Waals surface area contributed by atoms with Gasteiger partial charge in [0.25, 0.3) is 0 Å². The number of halogens is 1. The minimum absolute atomic E-state index is 0.174. The number of aryl methyl sites for hydroxylation is 4. The van der Waals surface area contributed by atoms with E-state index in [0.717, 1.165) is 34.6 Å². The fourth-order valence-electron chi connectivity index (χ4n) is 2.73. The second-order valence-corrected chi connectivity index (χ2v) is 5.49. The molecular formula is C17H22FN3. The Bertz CT molecular complexity index is 629. The Morgan fingerprint density at radius 3 is 2.43 bits per heavy atom. The van der Waals surface area contributed by atoms with Gasteiger partial charge in [0.2, 0.25) is 0 Å². The number of nitrogens with zero attached hydrogens (tertiary/aromatic N) is 2. The standard InChI is InChI=1S/C17H22FN3/c1-6-19-17(14-9-12(4)20-21-13(14)5)16-11(3)7-10(2)8-15(16)18/h7-9,17,19H,6H2,1-5H3. The van der Waals surface area contributed by atoms with Gasteiger partial charge in [0.05, 0.1) is 17.4 Å². The lowest BCUT2D eigenvalue weighted by atomic mass is 9.92. The van der Waals surface area contributed by atoms with Crippen LogP contribution in [0.3, 0.4) is 0 Å². The van der Waals surface area contributed by atoms with Gasteiger partial charge in [-0.25, -0.2) is 4.39 Å². The van der Waals surface area contributed by atoms with Gasteiger partial charge < -0.3 is 5.32 Å². The number of nitrogens with one attached hydrogen (secondary N) is 1. The van der Waals surface area contributed by atoms with E-state index in [2.05, 4.69) is 15.5 Å². The summed E-state index contributed by atoms with van der Waals surface area (Å²) in [5, 5.41) is 11.6. The highest BCUT2D eigenvalue weighted by Crippen LogP contribution is 2.29. The van der Waals surface area contributed by atoms with Crippen LogP contribution in [0.5, 0.6) is 0 Å². The Hall–Kier alpha value is -1.81. The van der Waals surface area contributed by atoms with Crippen LogP contribution in [0, 0.1) is 33.5 Å². The second kappa shape index (κ2) is 6.31. The van der Waals surface area contributed by atoms with E-state index in [0.29, 0.717) is 5.56 Å². The van der Waals surface area contributed by atoms with Crippen molar-refractivity contribution in [3.63, 3.8) is 0 Å². The van der Waals surface area contributed by atoms with E-state index in [1.165, 1.54) is 0 Å². The third-order valence-electron chi connectivity index (χ3n) is 3.63. The molecule has 1 N–H and O–H groups in total. The third kappa shape index (κ3) is 3.27. The van der Waals surface area contributed by atoms with Crippen molar-refractivity contribution in [2.75, 3.05) is 6.54 Å². The maximum absolute atomic E-state index is 14.5. The van der Waals surface area contributed by atoms with E-state index in [1.807, 2.05) is 46.8 Å². The summed E-state index contributed by atoms with van der Waals surface area (Å²) in [7, 11) is 0. The molecule has 0 radical (unpaired) electrons. The molecule has 0 saturated heterocycles. The van der Waals surface area contributed by atoms with Crippen LogP contribution in [0.2, 0.25) is 0 Å². The van der Waals surface area contributed by atoms with Crippen LogP contribution >= 0.6 is 0 Å². The van der Waals surface area contributed by atoms with Gasteiger partial charge in [-0.3, -0.25) is 0 Å². The molecule has 3 nitrogen and oxygen atoms in total. The van der Waals surface area contributed by atoms with Crippen molar-refractivity contribution < 1.29 is 4.39 Å². The predicted octanol–water partition coefficient (Wildman–Crippen LogP) is 3.55. The van der Waals surface area contributed by atoms with Gasteiger partial charge >= 0.3 is 0 Å². The molecule has 1 heterocycles. The van der Waals surface area contributed by atoms with Gasteiger partial charge in [-0.1, -0.05) is 13.0 Å². The van der Waals surface area contributed by atoms with E-state index < -0.39 is 0 Å². The number of aromatic nitrogens is 2.